The summed E-state index contributed by atoms with van der Waals surface area (Å²) in [6.07, 6.45) is -0.924. The van der Waals surface area contributed by atoms with Gasteiger partial charge in [0.05, 0.1) is 6.61 Å². The molecule has 28 heavy (non-hydrogen) atoms. The van der Waals surface area contributed by atoms with Gasteiger partial charge in [0, 0.05) is 6.42 Å². The Morgan fingerprint density at radius 2 is 1.43 bits per heavy atom. The van der Waals surface area contributed by atoms with Gasteiger partial charge in [0.25, 0.3) is 0 Å². The monoisotopic (exact) mass is 412 g/mol. The Bertz CT molecular complexity index is 642. The third-order valence-electron chi connectivity index (χ3n) is 5.99. The van der Waals surface area contributed by atoms with Crippen molar-refractivity contribution in [2.75, 3.05) is 6.61 Å². The molecule has 3 fully saturated rings. The van der Waals surface area contributed by atoms with Crippen LogP contribution >= 0.6 is 0 Å². The minimum absolute atomic E-state index is 0.177. The van der Waals surface area contributed by atoms with Crippen LogP contribution in [0.5, 0.6) is 0 Å². The van der Waals surface area contributed by atoms with Gasteiger partial charge in [-0.2, -0.15) is 0 Å². The Hall–Kier alpha value is -0.463. The van der Waals surface area contributed by atoms with Crippen molar-refractivity contribution >= 4 is 8.32 Å². The van der Waals surface area contributed by atoms with E-state index in [2.05, 4.69) is 45.7 Å². The largest absolute Gasteiger partial charge is 0.406 e. The summed E-state index contributed by atoms with van der Waals surface area (Å²) in [5.41, 5.74) is 0. The molecule has 3 aliphatic rings. The van der Waals surface area contributed by atoms with Crippen LogP contribution in [0.15, 0.2) is 0 Å². The topological polar surface area (TPSA) is 55.4 Å². The van der Waals surface area contributed by atoms with Crippen LogP contribution in [0, 0.1) is 11.8 Å². The minimum atomic E-state index is -1.78. The molecule has 3 aliphatic heterocycles. The standard InChI is InChI=1S/C21H36O6Si/c1-19(2,3)28(8,9)22-13-11-10-12-14-15-16(25-20(4,5)24-15)17-18(23-14)27-21(6,7)26-17/h14-18H,12-13H2,1-9H3/t14-,15+,16+,17-,18-/m1/s1. The molecule has 3 rings (SSSR count). The summed E-state index contributed by atoms with van der Waals surface area (Å²) in [6.45, 7) is 19.2. The maximum Gasteiger partial charge on any atom is 0.193 e. The molecule has 3 saturated heterocycles. The van der Waals surface area contributed by atoms with Crippen LogP contribution in [0.3, 0.4) is 0 Å². The van der Waals surface area contributed by atoms with Gasteiger partial charge >= 0.3 is 0 Å². The highest BCUT2D eigenvalue weighted by molar-refractivity contribution is 6.74. The Balaban J connectivity index is 1.63. The van der Waals surface area contributed by atoms with Gasteiger partial charge in [0.15, 0.2) is 26.2 Å². The Labute approximate surface area is 170 Å². The fourth-order valence-corrected chi connectivity index (χ4v) is 4.38. The molecule has 0 radical (unpaired) electrons. The van der Waals surface area contributed by atoms with Crippen LogP contribution in [0.2, 0.25) is 18.1 Å². The first-order valence-corrected chi connectivity index (χ1v) is 13.1. The molecule has 0 unspecified atom stereocenters. The molecule has 0 aromatic heterocycles. The number of ether oxygens (including phenoxy) is 5. The average Bonchev–Trinajstić information content (AvgIpc) is 3.00. The van der Waals surface area contributed by atoms with Gasteiger partial charge in [-0.25, -0.2) is 0 Å². The molecule has 0 spiro atoms. The maximum atomic E-state index is 6.17. The van der Waals surface area contributed by atoms with Gasteiger partial charge in [0.1, 0.15) is 24.4 Å². The summed E-state index contributed by atoms with van der Waals surface area (Å²) in [5, 5.41) is 0.177. The molecule has 160 valence electrons. The summed E-state index contributed by atoms with van der Waals surface area (Å²) in [5.74, 6) is 4.98. The molecular formula is C21H36O6Si. The van der Waals surface area contributed by atoms with Gasteiger partial charge in [-0.3, -0.25) is 0 Å². The van der Waals surface area contributed by atoms with Crippen molar-refractivity contribution < 1.29 is 28.1 Å². The van der Waals surface area contributed by atoms with Gasteiger partial charge in [-0.15, -0.1) is 0 Å². The number of fused-ring (bicyclic) bond motifs is 3. The Kier molecular flexibility index (Phi) is 5.83. The van der Waals surface area contributed by atoms with Crippen LogP contribution in [-0.2, 0) is 28.1 Å². The molecule has 3 heterocycles. The zero-order valence-corrected chi connectivity index (χ0v) is 19.8. The van der Waals surface area contributed by atoms with E-state index < -0.39 is 26.2 Å². The maximum absolute atomic E-state index is 6.17. The highest BCUT2D eigenvalue weighted by Crippen LogP contribution is 2.44. The highest BCUT2D eigenvalue weighted by atomic mass is 28.4. The van der Waals surface area contributed by atoms with E-state index in [9.17, 15) is 0 Å². The van der Waals surface area contributed by atoms with E-state index in [1.807, 2.05) is 27.7 Å². The zero-order chi connectivity index (χ0) is 21.0. The third kappa shape index (κ3) is 4.64. The van der Waals surface area contributed by atoms with E-state index in [1.165, 1.54) is 0 Å². The second kappa shape index (κ2) is 7.35. The molecule has 0 N–H and O–H groups in total. The van der Waals surface area contributed by atoms with E-state index in [0.717, 1.165) is 0 Å². The van der Waals surface area contributed by atoms with Crippen molar-refractivity contribution in [3.63, 3.8) is 0 Å². The normalized spacial score (nSPS) is 36.4. The van der Waals surface area contributed by atoms with Crippen molar-refractivity contribution in [2.45, 2.75) is 115 Å². The van der Waals surface area contributed by atoms with Crippen molar-refractivity contribution in [1.82, 2.24) is 0 Å². The Morgan fingerprint density at radius 3 is 2.07 bits per heavy atom. The van der Waals surface area contributed by atoms with Crippen LogP contribution in [0.1, 0.15) is 54.9 Å². The lowest BCUT2D eigenvalue weighted by Crippen LogP contribution is -2.54. The number of rotatable bonds is 3. The highest BCUT2D eigenvalue weighted by Gasteiger charge is 2.60. The van der Waals surface area contributed by atoms with Crippen LogP contribution in [0.4, 0.5) is 0 Å². The van der Waals surface area contributed by atoms with Gasteiger partial charge in [-0.1, -0.05) is 32.6 Å². The van der Waals surface area contributed by atoms with Crippen molar-refractivity contribution in [3.05, 3.63) is 0 Å². The number of hydrogen-bond acceptors (Lipinski definition) is 6. The fourth-order valence-electron chi connectivity index (χ4n) is 3.51. The smallest absolute Gasteiger partial charge is 0.193 e. The summed E-state index contributed by atoms with van der Waals surface area (Å²) in [4.78, 5) is 0. The van der Waals surface area contributed by atoms with Crippen molar-refractivity contribution in [3.8, 4) is 11.8 Å². The van der Waals surface area contributed by atoms with Gasteiger partial charge < -0.3 is 28.1 Å². The summed E-state index contributed by atoms with van der Waals surface area (Å²) >= 11 is 0. The first kappa shape index (κ1) is 22.2. The van der Waals surface area contributed by atoms with Crippen molar-refractivity contribution in [1.29, 1.82) is 0 Å². The lowest BCUT2D eigenvalue weighted by Gasteiger charge is -2.36. The van der Waals surface area contributed by atoms with E-state index in [-0.39, 0.29) is 29.5 Å². The van der Waals surface area contributed by atoms with Crippen LogP contribution in [0.25, 0.3) is 0 Å². The molecule has 0 aliphatic carbocycles. The molecular weight excluding hydrogens is 376 g/mol. The SMILES string of the molecule is CC1(C)O[C@H]2[C@@H](O1)[C@@H](CC#CCO[Si](C)(C)C(C)(C)C)O[C@@H]1OC(C)(C)O[C@@H]12. The molecule has 6 nitrogen and oxygen atoms in total. The Morgan fingerprint density at radius 1 is 0.857 bits per heavy atom. The predicted molar refractivity (Wildman–Crippen MR) is 108 cm³/mol. The summed E-state index contributed by atoms with van der Waals surface area (Å²) in [7, 11) is -1.78. The molecule has 0 saturated carbocycles. The fraction of sp³-hybridized carbons (Fsp3) is 0.905. The van der Waals surface area contributed by atoms with E-state index in [1.54, 1.807) is 0 Å². The first-order chi connectivity index (χ1) is 12.7. The molecule has 0 aromatic carbocycles. The summed E-state index contributed by atoms with van der Waals surface area (Å²) in [6, 6.07) is 0. The quantitative estimate of drug-likeness (QED) is 0.519. The zero-order valence-electron chi connectivity index (χ0n) is 18.8. The molecule has 0 aromatic rings. The predicted octanol–water partition coefficient (Wildman–Crippen LogP) is 3.80. The minimum Gasteiger partial charge on any atom is -0.406 e. The molecule has 0 amide bonds. The first-order valence-electron chi connectivity index (χ1n) is 10.2. The third-order valence-corrected chi connectivity index (χ3v) is 10.5. The number of hydrogen-bond donors (Lipinski definition) is 0. The molecule has 0 bridgehead atoms. The van der Waals surface area contributed by atoms with Gasteiger partial charge in [-0.05, 0) is 45.8 Å². The average molecular weight is 413 g/mol. The van der Waals surface area contributed by atoms with E-state index in [4.69, 9.17) is 28.1 Å². The molecule has 7 heteroatoms. The van der Waals surface area contributed by atoms with Crippen LogP contribution < -0.4 is 0 Å². The van der Waals surface area contributed by atoms with Crippen molar-refractivity contribution in [2.24, 2.45) is 0 Å². The lowest BCUT2D eigenvalue weighted by atomic mass is 9.97. The van der Waals surface area contributed by atoms with Gasteiger partial charge in [0.2, 0.25) is 0 Å². The second-order valence-electron chi connectivity index (χ2n) is 10.3. The van der Waals surface area contributed by atoms with Crippen LogP contribution in [-0.4, -0.2) is 57.2 Å². The second-order valence-corrected chi connectivity index (χ2v) is 15.1. The molecule has 5 atom stereocenters. The van der Waals surface area contributed by atoms with E-state index in [0.29, 0.717) is 13.0 Å². The van der Waals surface area contributed by atoms with E-state index >= 15 is 0 Å². The summed E-state index contributed by atoms with van der Waals surface area (Å²) < 4.78 is 36.5. The lowest BCUT2D eigenvalue weighted by molar-refractivity contribution is -0.232.